The van der Waals surface area contributed by atoms with E-state index in [2.05, 4.69) is 51.5 Å². The summed E-state index contributed by atoms with van der Waals surface area (Å²) < 4.78 is 0. The molecule has 1 aromatic heterocycles. The number of carbonyl (C=O) groups excluding carboxylic acids is 2. The van der Waals surface area contributed by atoms with Gasteiger partial charge in [0, 0.05) is 63.6 Å². The predicted octanol–water partition coefficient (Wildman–Crippen LogP) is 2.36. The molecule has 4 N–H and O–H groups in total. The lowest BCUT2D eigenvalue weighted by molar-refractivity contribution is -0.129. The van der Waals surface area contributed by atoms with Crippen LogP contribution >= 0.6 is 0 Å². The van der Waals surface area contributed by atoms with Crippen molar-refractivity contribution in [1.29, 1.82) is 0 Å². The number of piperazine rings is 1. The molecule has 0 saturated carbocycles. The van der Waals surface area contributed by atoms with Crippen molar-refractivity contribution in [2.45, 2.75) is 46.1 Å². The average molecular weight is 495 g/mol. The van der Waals surface area contributed by atoms with E-state index in [-0.39, 0.29) is 17.6 Å². The first-order chi connectivity index (χ1) is 17.2. The Hall–Kier alpha value is -3.40. The Morgan fingerprint density at radius 1 is 1.06 bits per heavy atom. The number of piperidine rings is 1. The van der Waals surface area contributed by atoms with Crippen molar-refractivity contribution in [2.24, 2.45) is 5.73 Å². The van der Waals surface area contributed by atoms with Crippen LogP contribution in [-0.2, 0) is 11.2 Å². The van der Waals surface area contributed by atoms with Gasteiger partial charge in [-0.05, 0) is 57.0 Å². The Morgan fingerprint density at radius 3 is 2.33 bits per heavy atom. The van der Waals surface area contributed by atoms with Gasteiger partial charge in [-0.15, -0.1) is 0 Å². The van der Waals surface area contributed by atoms with Gasteiger partial charge in [0.25, 0.3) is 5.91 Å². The quantitative estimate of drug-likeness (QED) is 0.537. The second-order valence-electron chi connectivity index (χ2n) is 9.78. The predicted molar refractivity (Wildman–Crippen MR) is 143 cm³/mol. The Morgan fingerprint density at radius 2 is 1.75 bits per heavy atom. The number of benzene rings is 1. The third kappa shape index (κ3) is 5.87. The molecule has 0 aliphatic carbocycles. The minimum atomic E-state index is -0.619. The van der Waals surface area contributed by atoms with E-state index in [0.717, 1.165) is 50.3 Å². The SMILES string of the molecule is CCc1nc(C(N)=O)c(Nc2ccc(N3CCN(C)CC3)c(C)c2)nc1NC1CCN(C(C)=O)CC1. The number of nitrogens with zero attached hydrogens (tertiary/aromatic N) is 5. The van der Waals surface area contributed by atoms with Crippen LogP contribution in [0.5, 0.6) is 0 Å². The largest absolute Gasteiger partial charge is 0.369 e. The summed E-state index contributed by atoms with van der Waals surface area (Å²) in [6.45, 7) is 11.2. The Bertz CT molecular complexity index is 1110. The molecule has 0 radical (unpaired) electrons. The zero-order chi connectivity index (χ0) is 25.8. The smallest absolute Gasteiger partial charge is 0.271 e. The number of likely N-dealkylation sites (N-methyl/N-ethyl adjacent to an activating group) is 1. The maximum atomic E-state index is 12.2. The Labute approximate surface area is 213 Å². The highest BCUT2D eigenvalue weighted by molar-refractivity contribution is 5.96. The summed E-state index contributed by atoms with van der Waals surface area (Å²) in [5.41, 5.74) is 9.71. The summed E-state index contributed by atoms with van der Waals surface area (Å²) in [5.74, 6) is 0.479. The number of hydrogen-bond acceptors (Lipinski definition) is 8. The van der Waals surface area contributed by atoms with E-state index >= 15 is 0 Å². The monoisotopic (exact) mass is 494 g/mol. The second-order valence-corrected chi connectivity index (χ2v) is 9.78. The van der Waals surface area contributed by atoms with E-state index in [1.165, 1.54) is 5.69 Å². The Balaban J connectivity index is 1.55. The van der Waals surface area contributed by atoms with Crippen LogP contribution in [0.1, 0.15) is 48.4 Å². The number of carbonyl (C=O) groups is 2. The van der Waals surface area contributed by atoms with Crippen molar-refractivity contribution in [3.05, 3.63) is 35.2 Å². The number of aromatic nitrogens is 2. The summed E-state index contributed by atoms with van der Waals surface area (Å²) in [7, 11) is 2.15. The van der Waals surface area contributed by atoms with E-state index in [1.807, 2.05) is 17.9 Å². The standard InChI is InChI=1S/C26H38N8O2/c1-5-21-25(28-19-8-10-33(11-9-19)18(3)35)31-26(23(30-21)24(27)36)29-20-6-7-22(17(2)16-20)34-14-12-32(4)13-15-34/h6-7,16,19H,5,8-15H2,1-4H3,(H2,27,36)(H2,28,29,31). The molecule has 2 amide bonds. The summed E-state index contributed by atoms with van der Waals surface area (Å²) >= 11 is 0. The van der Waals surface area contributed by atoms with Crippen LogP contribution in [0, 0.1) is 6.92 Å². The number of rotatable bonds is 7. The molecule has 10 nitrogen and oxygen atoms in total. The lowest BCUT2D eigenvalue weighted by Crippen LogP contribution is -2.44. The zero-order valence-corrected chi connectivity index (χ0v) is 21.8. The van der Waals surface area contributed by atoms with Crippen LogP contribution in [0.25, 0.3) is 0 Å². The van der Waals surface area contributed by atoms with Gasteiger partial charge in [-0.25, -0.2) is 9.97 Å². The molecule has 2 saturated heterocycles. The van der Waals surface area contributed by atoms with Crippen molar-refractivity contribution in [3.8, 4) is 0 Å². The van der Waals surface area contributed by atoms with Gasteiger partial charge in [-0.2, -0.15) is 0 Å². The first-order valence-electron chi connectivity index (χ1n) is 12.8. The fraction of sp³-hybridized carbons (Fsp3) is 0.538. The number of primary amides is 1. The maximum absolute atomic E-state index is 12.2. The molecule has 10 heteroatoms. The number of likely N-dealkylation sites (tertiary alicyclic amines) is 1. The van der Waals surface area contributed by atoms with Crippen molar-refractivity contribution >= 4 is 34.8 Å². The van der Waals surface area contributed by atoms with Gasteiger partial charge in [0.2, 0.25) is 5.91 Å². The minimum Gasteiger partial charge on any atom is -0.369 e. The van der Waals surface area contributed by atoms with Crippen LogP contribution in [0.4, 0.5) is 23.0 Å². The molecule has 4 rings (SSSR count). The van der Waals surface area contributed by atoms with E-state index in [1.54, 1.807) is 6.92 Å². The third-order valence-corrected chi connectivity index (χ3v) is 7.12. The number of aryl methyl sites for hydroxylation is 2. The molecule has 0 unspecified atom stereocenters. The molecule has 2 aliphatic heterocycles. The molecular formula is C26H38N8O2. The molecule has 3 heterocycles. The summed E-state index contributed by atoms with van der Waals surface area (Å²) in [5, 5.41) is 6.79. The number of nitrogens with one attached hydrogen (secondary N) is 2. The highest BCUT2D eigenvalue weighted by Crippen LogP contribution is 2.28. The fourth-order valence-electron chi connectivity index (χ4n) is 4.90. The number of nitrogens with two attached hydrogens (primary N) is 1. The summed E-state index contributed by atoms with van der Waals surface area (Å²) in [4.78, 5) is 39.9. The van der Waals surface area contributed by atoms with E-state index in [0.29, 0.717) is 36.8 Å². The second kappa shape index (κ2) is 11.1. The van der Waals surface area contributed by atoms with Crippen molar-refractivity contribution in [1.82, 2.24) is 19.8 Å². The van der Waals surface area contributed by atoms with Gasteiger partial charge in [0.1, 0.15) is 0 Å². The first-order valence-corrected chi connectivity index (χ1v) is 12.8. The van der Waals surface area contributed by atoms with Crippen molar-refractivity contribution in [2.75, 3.05) is 61.8 Å². The topological polar surface area (TPSA) is 120 Å². The van der Waals surface area contributed by atoms with Crippen molar-refractivity contribution < 1.29 is 9.59 Å². The van der Waals surface area contributed by atoms with Crippen LogP contribution in [-0.4, -0.2) is 83.9 Å². The highest BCUT2D eigenvalue weighted by Gasteiger charge is 2.24. The molecule has 0 spiro atoms. The van der Waals surface area contributed by atoms with Crippen LogP contribution in [0.15, 0.2) is 18.2 Å². The van der Waals surface area contributed by atoms with E-state index in [4.69, 9.17) is 10.7 Å². The molecule has 0 atom stereocenters. The third-order valence-electron chi connectivity index (χ3n) is 7.12. The molecule has 0 bridgehead atoms. The normalized spacial score (nSPS) is 17.2. The molecular weight excluding hydrogens is 456 g/mol. The molecule has 2 aliphatic rings. The molecule has 36 heavy (non-hydrogen) atoms. The average Bonchev–Trinajstić information content (AvgIpc) is 2.85. The summed E-state index contributed by atoms with van der Waals surface area (Å²) in [6.07, 6.45) is 2.27. The van der Waals surface area contributed by atoms with Crippen LogP contribution in [0.3, 0.4) is 0 Å². The molecule has 2 aromatic rings. The van der Waals surface area contributed by atoms with Crippen LogP contribution in [0.2, 0.25) is 0 Å². The molecule has 194 valence electrons. The van der Waals surface area contributed by atoms with Gasteiger partial charge < -0.3 is 31.1 Å². The van der Waals surface area contributed by atoms with E-state index < -0.39 is 5.91 Å². The number of hydrogen-bond donors (Lipinski definition) is 3. The molecule has 2 fully saturated rings. The fourth-order valence-corrected chi connectivity index (χ4v) is 4.90. The highest BCUT2D eigenvalue weighted by atomic mass is 16.2. The maximum Gasteiger partial charge on any atom is 0.271 e. The van der Waals surface area contributed by atoms with Gasteiger partial charge in [0.15, 0.2) is 17.3 Å². The summed E-state index contributed by atoms with van der Waals surface area (Å²) in [6, 6.07) is 6.37. The van der Waals surface area contributed by atoms with Gasteiger partial charge in [-0.3, -0.25) is 9.59 Å². The van der Waals surface area contributed by atoms with E-state index in [9.17, 15) is 9.59 Å². The van der Waals surface area contributed by atoms with Crippen molar-refractivity contribution in [3.63, 3.8) is 0 Å². The zero-order valence-electron chi connectivity index (χ0n) is 21.8. The lowest BCUT2D eigenvalue weighted by atomic mass is 10.0. The van der Waals surface area contributed by atoms with Gasteiger partial charge >= 0.3 is 0 Å². The van der Waals surface area contributed by atoms with Crippen LogP contribution < -0.4 is 21.3 Å². The minimum absolute atomic E-state index is 0.105. The molecule has 1 aromatic carbocycles. The number of anilines is 4. The Kier molecular flexibility index (Phi) is 7.93. The van der Waals surface area contributed by atoms with Gasteiger partial charge in [0.05, 0.1) is 5.69 Å². The van der Waals surface area contributed by atoms with Gasteiger partial charge in [-0.1, -0.05) is 6.92 Å². The lowest BCUT2D eigenvalue weighted by Gasteiger charge is -2.35. The number of amides is 2. The first kappa shape index (κ1) is 25.7.